The molecule has 1 aliphatic heterocycles. The van der Waals surface area contributed by atoms with E-state index >= 15 is 0 Å². The fourth-order valence-corrected chi connectivity index (χ4v) is 3.73. The molecule has 0 spiro atoms. The summed E-state index contributed by atoms with van der Waals surface area (Å²) in [5.74, 6) is 1.50. The van der Waals surface area contributed by atoms with Crippen molar-refractivity contribution in [3.63, 3.8) is 0 Å². The number of fused-ring (bicyclic) bond motifs is 1. The Kier molecular flexibility index (Phi) is 3.16. The molecule has 1 aromatic carbocycles. The molecule has 2 heteroatoms. The zero-order valence-corrected chi connectivity index (χ0v) is 11.5. The second-order valence-electron chi connectivity index (χ2n) is 6.33. The lowest BCUT2D eigenvalue weighted by Crippen LogP contribution is -2.20. The molecule has 0 saturated carbocycles. The van der Waals surface area contributed by atoms with Gasteiger partial charge < -0.3 is 5.73 Å². The van der Waals surface area contributed by atoms with Gasteiger partial charge in [-0.2, -0.15) is 0 Å². The van der Waals surface area contributed by atoms with Crippen LogP contribution < -0.4 is 5.73 Å². The molecule has 1 fully saturated rings. The molecule has 2 N–H and O–H groups in total. The first kappa shape index (κ1) is 12.2. The highest BCUT2D eigenvalue weighted by atomic mass is 15.2. The number of hydrogen-bond acceptors (Lipinski definition) is 2. The predicted octanol–water partition coefficient (Wildman–Crippen LogP) is 2.37. The highest BCUT2D eigenvalue weighted by molar-refractivity contribution is 5.37. The molecule has 3 rings (SSSR count). The monoisotopic (exact) mass is 244 g/mol. The molecule has 18 heavy (non-hydrogen) atoms. The van der Waals surface area contributed by atoms with Gasteiger partial charge in [0.25, 0.3) is 0 Å². The summed E-state index contributed by atoms with van der Waals surface area (Å²) < 4.78 is 0. The number of benzene rings is 1. The number of likely N-dealkylation sites (tertiary alicyclic amines) is 1. The second kappa shape index (κ2) is 4.67. The van der Waals surface area contributed by atoms with Crippen molar-refractivity contribution < 1.29 is 0 Å². The van der Waals surface area contributed by atoms with E-state index in [1.54, 1.807) is 11.1 Å². The van der Waals surface area contributed by atoms with Crippen molar-refractivity contribution in [3.05, 3.63) is 34.9 Å². The molecule has 1 aliphatic carbocycles. The molecule has 1 heterocycles. The van der Waals surface area contributed by atoms with Crippen LogP contribution >= 0.6 is 0 Å². The Bertz CT molecular complexity index is 441. The van der Waals surface area contributed by atoms with Crippen LogP contribution in [0.3, 0.4) is 0 Å². The van der Waals surface area contributed by atoms with Crippen LogP contribution in [0.4, 0.5) is 0 Å². The zero-order chi connectivity index (χ0) is 12.7. The maximum absolute atomic E-state index is 5.82. The Morgan fingerprint density at radius 1 is 1.28 bits per heavy atom. The Hall–Kier alpha value is -0.860. The van der Waals surface area contributed by atoms with Crippen molar-refractivity contribution >= 4 is 0 Å². The fraction of sp³-hybridized carbons (Fsp3) is 0.625. The summed E-state index contributed by atoms with van der Waals surface area (Å²) in [5.41, 5.74) is 10.5. The molecule has 2 aliphatic rings. The van der Waals surface area contributed by atoms with Crippen molar-refractivity contribution in [3.8, 4) is 0 Å². The summed E-state index contributed by atoms with van der Waals surface area (Å²) >= 11 is 0. The van der Waals surface area contributed by atoms with Crippen LogP contribution in [-0.4, -0.2) is 25.0 Å². The van der Waals surface area contributed by atoms with Crippen LogP contribution in [0.1, 0.15) is 36.1 Å². The van der Waals surface area contributed by atoms with Crippen LogP contribution in [0.15, 0.2) is 18.2 Å². The molecule has 1 aromatic rings. The first-order chi connectivity index (χ1) is 8.67. The number of nitrogens with two attached hydrogens (primary N) is 1. The predicted molar refractivity (Wildman–Crippen MR) is 75.5 cm³/mol. The number of nitrogens with zero attached hydrogens (tertiary/aromatic N) is 1. The first-order valence-electron chi connectivity index (χ1n) is 7.19. The van der Waals surface area contributed by atoms with Crippen molar-refractivity contribution in [2.75, 3.05) is 20.1 Å². The second-order valence-corrected chi connectivity index (χ2v) is 6.33. The highest BCUT2D eigenvalue weighted by Gasteiger charge is 2.30. The topological polar surface area (TPSA) is 29.3 Å². The molecular formula is C16H24N2. The minimum absolute atomic E-state index is 0.583. The van der Waals surface area contributed by atoms with Crippen molar-refractivity contribution in [2.24, 2.45) is 17.6 Å². The molecular weight excluding hydrogens is 220 g/mol. The van der Waals surface area contributed by atoms with Gasteiger partial charge in [0, 0.05) is 12.6 Å². The lowest BCUT2D eigenvalue weighted by Gasteiger charge is -2.20. The van der Waals surface area contributed by atoms with Gasteiger partial charge in [-0.3, -0.25) is 4.90 Å². The quantitative estimate of drug-likeness (QED) is 0.865. The third kappa shape index (κ3) is 2.08. The molecule has 0 amide bonds. The van der Waals surface area contributed by atoms with E-state index in [1.165, 1.54) is 24.8 Å². The van der Waals surface area contributed by atoms with E-state index in [2.05, 4.69) is 37.1 Å². The molecule has 0 bridgehead atoms. The maximum Gasteiger partial charge on any atom is 0.0348 e. The Balaban J connectivity index is 1.83. The summed E-state index contributed by atoms with van der Waals surface area (Å²) in [6.45, 7) is 4.32. The van der Waals surface area contributed by atoms with Crippen LogP contribution in [0.5, 0.6) is 0 Å². The minimum atomic E-state index is 0.583. The van der Waals surface area contributed by atoms with Crippen LogP contribution in [0.25, 0.3) is 0 Å². The van der Waals surface area contributed by atoms with Gasteiger partial charge in [0.15, 0.2) is 0 Å². The van der Waals surface area contributed by atoms with E-state index in [0.29, 0.717) is 12.0 Å². The summed E-state index contributed by atoms with van der Waals surface area (Å²) in [4.78, 5) is 2.47. The normalized spacial score (nSPS) is 31.8. The van der Waals surface area contributed by atoms with Gasteiger partial charge in [-0.1, -0.05) is 25.1 Å². The van der Waals surface area contributed by atoms with Crippen molar-refractivity contribution in [1.29, 1.82) is 0 Å². The van der Waals surface area contributed by atoms with E-state index in [4.69, 9.17) is 5.73 Å². The van der Waals surface area contributed by atoms with Crippen molar-refractivity contribution in [2.45, 2.75) is 32.2 Å². The lowest BCUT2D eigenvalue weighted by atomic mass is 9.97. The van der Waals surface area contributed by atoms with Crippen LogP contribution in [0.2, 0.25) is 0 Å². The van der Waals surface area contributed by atoms with Gasteiger partial charge in [-0.05, 0) is 61.4 Å². The van der Waals surface area contributed by atoms with E-state index in [0.717, 1.165) is 19.0 Å². The largest absolute Gasteiger partial charge is 0.330 e. The van der Waals surface area contributed by atoms with Gasteiger partial charge in [0.05, 0.1) is 0 Å². The third-order valence-electron chi connectivity index (χ3n) is 4.72. The number of rotatable bonds is 2. The Morgan fingerprint density at radius 3 is 2.78 bits per heavy atom. The molecule has 1 saturated heterocycles. The first-order valence-corrected chi connectivity index (χ1v) is 7.19. The molecule has 3 unspecified atom stereocenters. The average Bonchev–Trinajstić information content (AvgIpc) is 2.89. The molecule has 0 aromatic heterocycles. The minimum Gasteiger partial charge on any atom is -0.330 e. The summed E-state index contributed by atoms with van der Waals surface area (Å²) in [6.07, 6.45) is 3.75. The summed E-state index contributed by atoms with van der Waals surface area (Å²) in [5, 5.41) is 0. The zero-order valence-electron chi connectivity index (χ0n) is 11.5. The van der Waals surface area contributed by atoms with Gasteiger partial charge >= 0.3 is 0 Å². The van der Waals surface area contributed by atoms with Gasteiger partial charge in [-0.25, -0.2) is 0 Å². The van der Waals surface area contributed by atoms with Crippen molar-refractivity contribution in [1.82, 2.24) is 4.90 Å². The Labute approximate surface area is 110 Å². The van der Waals surface area contributed by atoms with E-state index in [9.17, 15) is 0 Å². The summed E-state index contributed by atoms with van der Waals surface area (Å²) in [6, 6.07) is 7.74. The maximum atomic E-state index is 5.82. The highest BCUT2D eigenvalue weighted by Crippen LogP contribution is 2.36. The third-order valence-corrected chi connectivity index (χ3v) is 4.72. The Morgan fingerprint density at radius 2 is 2.06 bits per heavy atom. The van der Waals surface area contributed by atoms with Crippen LogP contribution in [0, 0.1) is 11.8 Å². The average molecular weight is 244 g/mol. The molecule has 3 atom stereocenters. The SMILES string of the molecule is CC1Cc2ccc(C3CC(CN)CN3C)cc2C1. The van der Waals surface area contributed by atoms with E-state index in [-0.39, 0.29) is 0 Å². The fourth-order valence-electron chi connectivity index (χ4n) is 3.73. The van der Waals surface area contributed by atoms with Gasteiger partial charge in [0.1, 0.15) is 0 Å². The van der Waals surface area contributed by atoms with E-state index in [1.807, 2.05) is 0 Å². The molecule has 2 nitrogen and oxygen atoms in total. The summed E-state index contributed by atoms with van der Waals surface area (Å²) in [7, 11) is 2.23. The molecule has 98 valence electrons. The smallest absolute Gasteiger partial charge is 0.0348 e. The van der Waals surface area contributed by atoms with Gasteiger partial charge in [-0.15, -0.1) is 0 Å². The standard InChI is InChI=1S/C16H24N2/c1-11-5-13-3-4-14(8-15(13)6-11)16-7-12(9-17)10-18(16)2/h3-4,8,11-12,16H,5-7,9-10,17H2,1-2H3. The van der Waals surface area contributed by atoms with E-state index < -0.39 is 0 Å². The van der Waals surface area contributed by atoms with Crippen LogP contribution in [-0.2, 0) is 12.8 Å². The number of hydrogen-bond donors (Lipinski definition) is 1. The lowest BCUT2D eigenvalue weighted by molar-refractivity contribution is 0.313. The van der Waals surface area contributed by atoms with Gasteiger partial charge in [0.2, 0.25) is 0 Å². The molecule has 0 radical (unpaired) electrons.